The predicted molar refractivity (Wildman–Crippen MR) is 62.4 cm³/mol. The summed E-state index contributed by atoms with van der Waals surface area (Å²) < 4.78 is 0. The largest absolute Gasteiger partial charge is 0.480 e. The summed E-state index contributed by atoms with van der Waals surface area (Å²) in [7, 11) is 0. The highest BCUT2D eigenvalue weighted by Crippen LogP contribution is 2.28. The van der Waals surface area contributed by atoms with Crippen molar-refractivity contribution in [1.82, 2.24) is 10.2 Å². The SMILES string of the molecule is CC(C)C(NC1CCN2CCCC12)C(=O)O. The molecule has 2 heterocycles. The molecule has 2 fully saturated rings. The number of carboxylic acid groups (broad SMARTS) is 1. The van der Waals surface area contributed by atoms with E-state index in [1.165, 1.54) is 19.4 Å². The van der Waals surface area contributed by atoms with Gasteiger partial charge in [0.2, 0.25) is 0 Å². The van der Waals surface area contributed by atoms with Crippen LogP contribution in [0.5, 0.6) is 0 Å². The average Bonchev–Trinajstić information content (AvgIpc) is 2.75. The van der Waals surface area contributed by atoms with E-state index >= 15 is 0 Å². The lowest BCUT2D eigenvalue weighted by Crippen LogP contribution is -2.50. The third kappa shape index (κ3) is 2.23. The second kappa shape index (κ2) is 4.72. The van der Waals surface area contributed by atoms with Gasteiger partial charge in [-0.3, -0.25) is 15.0 Å². The van der Waals surface area contributed by atoms with Crippen LogP contribution in [0.4, 0.5) is 0 Å². The van der Waals surface area contributed by atoms with E-state index in [4.69, 9.17) is 5.11 Å². The maximum Gasteiger partial charge on any atom is 0.320 e. The fourth-order valence-corrected chi connectivity index (χ4v) is 3.06. The quantitative estimate of drug-likeness (QED) is 0.748. The first-order valence-electron chi connectivity index (χ1n) is 6.32. The minimum absolute atomic E-state index is 0.146. The molecule has 0 bridgehead atoms. The average molecular weight is 226 g/mol. The highest BCUT2D eigenvalue weighted by atomic mass is 16.4. The highest BCUT2D eigenvalue weighted by Gasteiger charge is 2.39. The summed E-state index contributed by atoms with van der Waals surface area (Å²) in [6.45, 7) is 6.26. The van der Waals surface area contributed by atoms with Gasteiger partial charge >= 0.3 is 5.97 Å². The van der Waals surface area contributed by atoms with Crippen LogP contribution < -0.4 is 5.32 Å². The lowest BCUT2D eigenvalue weighted by molar-refractivity contribution is -0.140. The molecule has 0 aromatic rings. The Morgan fingerprint density at radius 1 is 1.38 bits per heavy atom. The van der Waals surface area contributed by atoms with Gasteiger partial charge in [0.1, 0.15) is 6.04 Å². The maximum absolute atomic E-state index is 11.1. The Hall–Kier alpha value is -0.610. The van der Waals surface area contributed by atoms with Gasteiger partial charge in [-0.05, 0) is 31.7 Å². The number of nitrogens with zero attached hydrogens (tertiary/aromatic N) is 1. The van der Waals surface area contributed by atoms with E-state index in [0.717, 1.165) is 13.0 Å². The van der Waals surface area contributed by atoms with Gasteiger partial charge < -0.3 is 5.11 Å². The van der Waals surface area contributed by atoms with E-state index in [0.29, 0.717) is 12.1 Å². The Labute approximate surface area is 97.0 Å². The van der Waals surface area contributed by atoms with Crippen molar-refractivity contribution < 1.29 is 9.90 Å². The number of hydrogen-bond donors (Lipinski definition) is 2. The smallest absolute Gasteiger partial charge is 0.320 e. The fourth-order valence-electron chi connectivity index (χ4n) is 3.06. The van der Waals surface area contributed by atoms with Crippen molar-refractivity contribution in [2.45, 2.75) is 51.2 Å². The molecule has 2 rings (SSSR count). The Balaban J connectivity index is 1.95. The van der Waals surface area contributed by atoms with Gasteiger partial charge in [0.25, 0.3) is 0 Å². The zero-order chi connectivity index (χ0) is 11.7. The summed E-state index contributed by atoms with van der Waals surface area (Å²) in [5, 5.41) is 12.5. The third-order valence-corrected chi connectivity index (χ3v) is 3.93. The molecule has 3 atom stereocenters. The van der Waals surface area contributed by atoms with Crippen molar-refractivity contribution in [2.75, 3.05) is 13.1 Å². The third-order valence-electron chi connectivity index (χ3n) is 3.93. The van der Waals surface area contributed by atoms with Gasteiger partial charge in [0.05, 0.1) is 0 Å². The molecule has 0 spiro atoms. The molecule has 2 saturated heterocycles. The van der Waals surface area contributed by atoms with Crippen LogP contribution in [0.1, 0.15) is 33.1 Å². The summed E-state index contributed by atoms with van der Waals surface area (Å²) in [6.07, 6.45) is 3.59. The normalized spacial score (nSPS) is 31.9. The monoisotopic (exact) mass is 226 g/mol. The molecule has 2 aliphatic rings. The first kappa shape index (κ1) is 11.9. The molecule has 0 amide bonds. The number of fused-ring (bicyclic) bond motifs is 1. The molecule has 0 aromatic carbocycles. The first-order chi connectivity index (χ1) is 7.59. The molecule has 92 valence electrons. The summed E-state index contributed by atoms with van der Waals surface area (Å²) >= 11 is 0. The van der Waals surface area contributed by atoms with Crippen molar-refractivity contribution in [2.24, 2.45) is 5.92 Å². The Morgan fingerprint density at radius 3 is 2.75 bits per heavy atom. The number of carboxylic acids is 1. The van der Waals surface area contributed by atoms with Gasteiger partial charge in [-0.1, -0.05) is 13.8 Å². The Morgan fingerprint density at radius 2 is 2.12 bits per heavy atom. The molecule has 0 aromatic heterocycles. The lowest BCUT2D eigenvalue weighted by Gasteiger charge is -2.26. The topological polar surface area (TPSA) is 52.6 Å². The van der Waals surface area contributed by atoms with E-state index in [1.807, 2.05) is 13.8 Å². The van der Waals surface area contributed by atoms with Gasteiger partial charge in [0.15, 0.2) is 0 Å². The van der Waals surface area contributed by atoms with Crippen molar-refractivity contribution >= 4 is 5.97 Å². The summed E-state index contributed by atoms with van der Waals surface area (Å²) in [4.78, 5) is 13.6. The van der Waals surface area contributed by atoms with Crippen molar-refractivity contribution in [1.29, 1.82) is 0 Å². The molecular formula is C12H22N2O2. The van der Waals surface area contributed by atoms with E-state index in [2.05, 4.69) is 10.2 Å². The Kier molecular flexibility index (Phi) is 3.50. The highest BCUT2D eigenvalue weighted by molar-refractivity contribution is 5.73. The summed E-state index contributed by atoms with van der Waals surface area (Å²) in [5.74, 6) is -0.570. The van der Waals surface area contributed by atoms with Crippen LogP contribution in [0.3, 0.4) is 0 Å². The number of carbonyl (C=O) groups is 1. The van der Waals surface area contributed by atoms with Gasteiger partial charge in [-0.15, -0.1) is 0 Å². The standard InChI is InChI=1S/C12H22N2O2/c1-8(2)11(12(15)16)13-9-5-7-14-6-3-4-10(9)14/h8-11,13H,3-7H2,1-2H3,(H,15,16). The molecule has 4 heteroatoms. The fraction of sp³-hybridized carbons (Fsp3) is 0.917. The van der Waals surface area contributed by atoms with Gasteiger partial charge in [-0.25, -0.2) is 0 Å². The minimum Gasteiger partial charge on any atom is -0.480 e. The molecule has 0 radical (unpaired) electrons. The van der Waals surface area contributed by atoms with Crippen molar-refractivity contribution in [3.8, 4) is 0 Å². The zero-order valence-corrected chi connectivity index (χ0v) is 10.1. The summed E-state index contributed by atoms with van der Waals surface area (Å²) in [6, 6.07) is 0.567. The van der Waals surface area contributed by atoms with Crippen LogP contribution >= 0.6 is 0 Å². The van der Waals surface area contributed by atoms with Crippen LogP contribution in [0.2, 0.25) is 0 Å². The van der Waals surface area contributed by atoms with E-state index < -0.39 is 12.0 Å². The number of rotatable bonds is 4. The van der Waals surface area contributed by atoms with E-state index in [9.17, 15) is 4.79 Å². The molecule has 4 nitrogen and oxygen atoms in total. The maximum atomic E-state index is 11.1. The molecule has 0 saturated carbocycles. The van der Waals surface area contributed by atoms with Crippen molar-refractivity contribution in [3.63, 3.8) is 0 Å². The number of aliphatic carboxylic acids is 1. The second-order valence-electron chi connectivity index (χ2n) is 5.37. The zero-order valence-electron chi connectivity index (χ0n) is 10.1. The van der Waals surface area contributed by atoms with Crippen LogP contribution in [0.15, 0.2) is 0 Å². The second-order valence-corrected chi connectivity index (χ2v) is 5.37. The number of hydrogen-bond acceptors (Lipinski definition) is 3. The first-order valence-corrected chi connectivity index (χ1v) is 6.32. The van der Waals surface area contributed by atoms with Crippen LogP contribution in [0.25, 0.3) is 0 Å². The van der Waals surface area contributed by atoms with Crippen LogP contribution in [-0.4, -0.2) is 47.2 Å². The number of nitrogens with one attached hydrogen (secondary N) is 1. The van der Waals surface area contributed by atoms with Crippen molar-refractivity contribution in [3.05, 3.63) is 0 Å². The van der Waals surface area contributed by atoms with Gasteiger partial charge in [-0.2, -0.15) is 0 Å². The van der Waals surface area contributed by atoms with E-state index in [-0.39, 0.29) is 5.92 Å². The molecule has 3 unspecified atom stereocenters. The predicted octanol–water partition coefficient (Wildman–Crippen LogP) is 0.922. The molecule has 16 heavy (non-hydrogen) atoms. The van der Waals surface area contributed by atoms with E-state index in [1.54, 1.807) is 0 Å². The minimum atomic E-state index is -0.716. The van der Waals surface area contributed by atoms with Gasteiger partial charge in [0, 0.05) is 18.6 Å². The van der Waals surface area contributed by atoms with Crippen LogP contribution in [0, 0.1) is 5.92 Å². The molecule has 0 aliphatic carbocycles. The molecule has 2 aliphatic heterocycles. The lowest BCUT2D eigenvalue weighted by atomic mass is 10.00. The van der Waals surface area contributed by atoms with Crippen LogP contribution in [-0.2, 0) is 4.79 Å². The molecule has 2 N–H and O–H groups in total. The summed E-state index contributed by atoms with van der Waals surface area (Å²) in [5.41, 5.74) is 0. The Bertz CT molecular complexity index is 268. The molecular weight excluding hydrogens is 204 g/mol.